The fourth-order valence-corrected chi connectivity index (χ4v) is 1.87. The lowest BCUT2D eigenvalue weighted by Gasteiger charge is -2.13. The van der Waals surface area contributed by atoms with Crippen LogP contribution in [0, 0.1) is 5.92 Å². The second kappa shape index (κ2) is 12.6. The van der Waals surface area contributed by atoms with Crippen LogP contribution in [0.2, 0.25) is 0 Å². The van der Waals surface area contributed by atoms with Gasteiger partial charge in [0.15, 0.2) is 5.96 Å². The van der Waals surface area contributed by atoms with Crippen LogP contribution in [0.25, 0.3) is 0 Å². The summed E-state index contributed by atoms with van der Waals surface area (Å²) in [5.74, 6) is 1.59. The molecule has 0 bridgehead atoms. The maximum Gasteiger partial charge on any atom is 0.190 e. The molecule has 1 saturated heterocycles. The number of halogens is 1. The second-order valence-electron chi connectivity index (χ2n) is 5.32. The summed E-state index contributed by atoms with van der Waals surface area (Å²) in [5, 5.41) is 6.61. The zero-order valence-electron chi connectivity index (χ0n) is 13.0. The number of guanidine groups is 1. The fraction of sp³-hybridized carbons (Fsp3) is 0.929. The van der Waals surface area contributed by atoms with Gasteiger partial charge in [-0.05, 0) is 25.2 Å². The largest absolute Gasteiger partial charge is 0.379 e. The SMILES string of the molecule is CN=C(NCCCOC1CCOC1)NCCC(C)C.I. The summed E-state index contributed by atoms with van der Waals surface area (Å²) < 4.78 is 11.0. The first-order chi connectivity index (χ1) is 9.22. The van der Waals surface area contributed by atoms with Gasteiger partial charge >= 0.3 is 0 Å². The predicted octanol–water partition coefficient (Wildman–Crippen LogP) is 2.01. The van der Waals surface area contributed by atoms with Crippen molar-refractivity contribution >= 4 is 29.9 Å². The number of nitrogens with one attached hydrogen (secondary N) is 2. The van der Waals surface area contributed by atoms with Crippen molar-refractivity contribution in [3.63, 3.8) is 0 Å². The van der Waals surface area contributed by atoms with Crippen LogP contribution in [0.5, 0.6) is 0 Å². The maximum atomic E-state index is 5.71. The highest BCUT2D eigenvalue weighted by atomic mass is 127. The van der Waals surface area contributed by atoms with E-state index in [1.807, 2.05) is 0 Å². The van der Waals surface area contributed by atoms with Gasteiger partial charge in [0.05, 0.1) is 12.7 Å². The van der Waals surface area contributed by atoms with Gasteiger partial charge in [-0.1, -0.05) is 13.8 Å². The quantitative estimate of drug-likeness (QED) is 0.284. The van der Waals surface area contributed by atoms with E-state index in [2.05, 4.69) is 29.5 Å². The average Bonchev–Trinajstić information content (AvgIpc) is 2.89. The van der Waals surface area contributed by atoms with Crippen molar-refractivity contribution in [1.29, 1.82) is 0 Å². The molecule has 2 N–H and O–H groups in total. The lowest BCUT2D eigenvalue weighted by molar-refractivity contribution is 0.0420. The van der Waals surface area contributed by atoms with Crippen molar-refractivity contribution in [3.8, 4) is 0 Å². The van der Waals surface area contributed by atoms with E-state index in [-0.39, 0.29) is 24.0 Å². The van der Waals surface area contributed by atoms with Crippen molar-refractivity contribution < 1.29 is 9.47 Å². The normalized spacial score (nSPS) is 19.0. The molecule has 1 heterocycles. The predicted molar refractivity (Wildman–Crippen MR) is 94.0 cm³/mol. The van der Waals surface area contributed by atoms with Crippen molar-refractivity contribution in [2.24, 2.45) is 10.9 Å². The minimum atomic E-state index is 0. The number of rotatable bonds is 8. The van der Waals surface area contributed by atoms with Crippen molar-refractivity contribution in [1.82, 2.24) is 10.6 Å². The van der Waals surface area contributed by atoms with Gasteiger partial charge in [0, 0.05) is 33.4 Å². The molecule has 0 saturated carbocycles. The Hall–Kier alpha value is -0.0800. The molecule has 1 fully saturated rings. The Balaban J connectivity index is 0.00000361. The van der Waals surface area contributed by atoms with Gasteiger partial charge in [0.1, 0.15) is 0 Å². The van der Waals surface area contributed by atoms with Crippen LogP contribution in [0.3, 0.4) is 0 Å². The molecule has 0 amide bonds. The third-order valence-corrected chi connectivity index (χ3v) is 3.09. The number of ether oxygens (including phenoxy) is 2. The van der Waals surface area contributed by atoms with Crippen molar-refractivity contribution in [2.75, 3.05) is 40.0 Å². The van der Waals surface area contributed by atoms with E-state index >= 15 is 0 Å². The number of hydrogen-bond acceptors (Lipinski definition) is 3. The molecule has 0 radical (unpaired) electrons. The molecule has 1 rings (SSSR count). The first kappa shape index (κ1) is 19.9. The summed E-state index contributed by atoms with van der Waals surface area (Å²) in [5.41, 5.74) is 0. The van der Waals surface area contributed by atoms with E-state index in [1.54, 1.807) is 7.05 Å². The number of aliphatic imine (C=N–C) groups is 1. The first-order valence-corrected chi connectivity index (χ1v) is 7.36. The third kappa shape index (κ3) is 9.77. The molecule has 0 spiro atoms. The van der Waals surface area contributed by atoms with Gasteiger partial charge in [-0.3, -0.25) is 4.99 Å². The van der Waals surface area contributed by atoms with Gasteiger partial charge in [-0.2, -0.15) is 0 Å². The maximum absolute atomic E-state index is 5.71. The standard InChI is InChI=1S/C14H29N3O2.HI/c1-12(2)5-8-17-14(15-3)16-7-4-9-19-13-6-10-18-11-13;/h12-13H,4-11H2,1-3H3,(H2,15,16,17);1H. The van der Waals surface area contributed by atoms with Crippen LogP contribution in [0.4, 0.5) is 0 Å². The van der Waals surface area contributed by atoms with Crippen LogP contribution in [-0.4, -0.2) is 52.0 Å². The van der Waals surface area contributed by atoms with Gasteiger partial charge in [-0.25, -0.2) is 0 Å². The van der Waals surface area contributed by atoms with Crippen LogP contribution >= 0.6 is 24.0 Å². The number of hydrogen-bond donors (Lipinski definition) is 2. The molecule has 6 heteroatoms. The van der Waals surface area contributed by atoms with Gasteiger partial charge in [0.25, 0.3) is 0 Å². The van der Waals surface area contributed by atoms with E-state index in [0.717, 1.165) is 58.1 Å². The molecule has 0 aromatic carbocycles. The summed E-state index contributed by atoms with van der Waals surface area (Å²) in [6, 6.07) is 0. The molecule has 1 aliphatic heterocycles. The van der Waals surface area contributed by atoms with Crippen molar-refractivity contribution in [3.05, 3.63) is 0 Å². The Kier molecular flexibility index (Phi) is 12.6. The lowest BCUT2D eigenvalue weighted by atomic mass is 10.1. The molecule has 120 valence electrons. The summed E-state index contributed by atoms with van der Waals surface area (Å²) >= 11 is 0. The fourth-order valence-electron chi connectivity index (χ4n) is 1.87. The van der Waals surface area contributed by atoms with Gasteiger partial charge in [-0.15, -0.1) is 24.0 Å². The van der Waals surface area contributed by atoms with E-state index < -0.39 is 0 Å². The second-order valence-corrected chi connectivity index (χ2v) is 5.32. The summed E-state index contributed by atoms with van der Waals surface area (Å²) in [6.07, 6.45) is 3.49. The lowest BCUT2D eigenvalue weighted by Crippen LogP contribution is -2.38. The highest BCUT2D eigenvalue weighted by Gasteiger charge is 2.15. The summed E-state index contributed by atoms with van der Waals surface area (Å²) in [4.78, 5) is 4.19. The zero-order chi connectivity index (χ0) is 13.9. The Morgan fingerprint density at radius 1 is 1.35 bits per heavy atom. The molecular formula is C14H30IN3O2. The Morgan fingerprint density at radius 3 is 2.70 bits per heavy atom. The Bertz CT molecular complexity index is 257. The van der Waals surface area contributed by atoms with Crippen LogP contribution in [-0.2, 0) is 9.47 Å². The minimum Gasteiger partial charge on any atom is -0.379 e. The molecule has 5 nitrogen and oxygen atoms in total. The van der Waals surface area contributed by atoms with E-state index in [4.69, 9.17) is 9.47 Å². The molecule has 1 atom stereocenters. The topological polar surface area (TPSA) is 54.9 Å². The summed E-state index contributed by atoms with van der Waals surface area (Å²) in [6.45, 7) is 8.68. The molecule has 1 unspecified atom stereocenters. The highest BCUT2D eigenvalue weighted by Crippen LogP contribution is 2.07. The van der Waals surface area contributed by atoms with Crippen LogP contribution in [0.1, 0.15) is 33.1 Å². The van der Waals surface area contributed by atoms with Crippen LogP contribution < -0.4 is 10.6 Å². The average molecular weight is 399 g/mol. The number of nitrogens with zero attached hydrogens (tertiary/aromatic N) is 1. The van der Waals surface area contributed by atoms with Crippen molar-refractivity contribution in [2.45, 2.75) is 39.2 Å². The molecule has 20 heavy (non-hydrogen) atoms. The smallest absolute Gasteiger partial charge is 0.190 e. The monoisotopic (exact) mass is 399 g/mol. The molecule has 0 aromatic heterocycles. The Labute approximate surface area is 140 Å². The molecule has 0 aliphatic carbocycles. The molecule has 0 aromatic rings. The highest BCUT2D eigenvalue weighted by molar-refractivity contribution is 14.0. The minimum absolute atomic E-state index is 0. The third-order valence-electron chi connectivity index (χ3n) is 3.09. The Morgan fingerprint density at radius 2 is 2.10 bits per heavy atom. The first-order valence-electron chi connectivity index (χ1n) is 7.36. The van der Waals surface area contributed by atoms with E-state index in [9.17, 15) is 0 Å². The molecular weight excluding hydrogens is 369 g/mol. The van der Waals surface area contributed by atoms with E-state index in [0.29, 0.717) is 12.0 Å². The van der Waals surface area contributed by atoms with Gasteiger partial charge < -0.3 is 20.1 Å². The molecule has 1 aliphatic rings. The van der Waals surface area contributed by atoms with Crippen LogP contribution in [0.15, 0.2) is 4.99 Å². The zero-order valence-corrected chi connectivity index (χ0v) is 15.3. The summed E-state index contributed by atoms with van der Waals surface area (Å²) in [7, 11) is 1.80. The van der Waals surface area contributed by atoms with E-state index in [1.165, 1.54) is 0 Å². The van der Waals surface area contributed by atoms with Gasteiger partial charge in [0.2, 0.25) is 0 Å².